The summed E-state index contributed by atoms with van der Waals surface area (Å²) in [6.07, 6.45) is 0.549. The number of hydrogen-bond acceptors (Lipinski definition) is 5. The third kappa shape index (κ3) is 5.36. The van der Waals surface area contributed by atoms with Crippen molar-refractivity contribution in [3.8, 4) is 0 Å². The highest BCUT2D eigenvalue weighted by Gasteiger charge is 2.39. The molecule has 2 aromatic carbocycles. The van der Waals surface area contributed by atoms with Gasteiger partial charge in [0.05, 0.1) is 5.57 Å². The first-order valence-electron chi connectivity index (χ1n) is 10.4. The smallest absolute Gasteiger partial charge is 0.278 e. The molecule has 1 aliphatic heterocycles. The lowest BCUT2D eigenvalue weighted by Crippen LogP contribution is -2.34. The van der Waals surface area contributed by atoms with Crippen LogP contribution in [0, 0.1) is 6.92 Å². The van der Waals surface area contributed by atoms with E-state index in [1.54, 1.807) is 42.5 Å². The number of nitrogens with zero attached hydrogens (tertiary/aromatic N) is 1. The van der Waals surface area contributed by atoms with Gasteiger partial charge in [-0.2, -0.15) is 0 Å². The highest BCUT2D eigenvalue weighted by molar-refractivity contribution is 6.36. The average Bonchev–Trinajstić information content (AvgIpc) is 2.97. The molecular formula is C24H26ClN3O4. The molecule has 1 heterocycles. The van der Waals surface area contributed by atoms with Crippen molar-refractivity contribution >= 4 is 46.3 Å². The molecule has 2 aromatic rings. The number of nitrogens with one attached hydrogen (secondary N) is 2. The van der Waals surface area contributed by atoms with Crippen molar-refractivity contribution in [1.82, 2.24) is 4.90 Å². The number of imide groups is 1. The first-order chi connectivity index (χ1) is 15.3. The van der Waals surface area contributed by atoms with E-state index >= 15 is 0 Å². The minimum absolute atomic E-state index is 0.190. The molecule has 168 valence electrons. The highest BCUT2D eigenvalue weighted by Crippen LogP contribution is 2.32. The first-order valence-corrected chi connectivity index (χ1v) is 10.8. The summed E-state index contributed by atoms with van der Waals surface area (Å²) in [5, 5.41) is 6.43. The molecule has 0 spiro atoms. The van der Waals surface area contributed by atoms with Crippen molar-refractivity contribution < 1.29 is 19.1 Å². The predicted molar refractivity (Wildman–Crippen MR) is 125 cm³/mol. The van der Waals surface area contributed by atoms with Gasteiger partial charge in [0.1, 0.15) is 5.70 Å². The Bertz CT molecular complexity index is 1060. The molecular weight excluding hydrogens is 430 g/mol. The Balaban J connectivity index is 1.96. The highest BCUT2D eigenvalue weighted by atomic mass is 35.5. The number of hydrogen-bond donors (Lipinski definition) is 2. The second kappa shape index (κ2) is 10.4. The predicted octanol–water partition coefficient (Wildman–Crippen LogP) is 4.23. The van der Waals surface area contributed by atoms with Gasteiger partial charge in [0.15, 0.2) is 0 Å². The van der Waals surface area contributed by atoms with Gasteiger partial charge in [-0.1, -0.05) is 23.7 Å². The zero-order valence-electron chi connectivity index (χ0n) is 18.3. The molecule has 0 unspecified atom stereocenters. The zero-order chi connectivity index (χ0) is 23.3. The van der Waals surface area contributed by atoms with E-state index in [4.69, 9.17) is 16.3 Å². The van der Waals surface area contributed by atoms with Crippen LogP contribution in [0.4, 0.5) is 11.4 Å². The maximum atomic E-state index is 13.3. The molecule has 0 saturated carbocycles. The van der Waals surface area contributed by atoms with Crippen molar-refractivity contribution in [3.63, 3.8) is 0 Å². The maximum absolute atomic E-state index is 13.3. The van der Waals surface area contributed by atoms with Gasteiger partial charge in [-0.25, -0.2) is 0 Å². The first kappa shape index (κ1) is 23.5. The van der Waals surface area contributed by atoms with Crippen LogP contribution in [0.1, 0.15) is 31.4 Å². The van der Waals surface area contributed by atoms with E-state index in [1.807, 2.05) is 13.8 Å². The fourth-order valence-corrected chi connectivity index (χ4v) is 3.68. The molecule has 32 heavy (non-hydrogen) atoms. The zero-order valence-corrected chi connectivity index (χ0v) is 19.1. The quantitative estimate of drug-likeness (QED) is 0.436. The summed E-state index contributed by atoms with van der Waals surface area (Å²) in [7, 11) is 0. The molecule has 2 N–H and O–H groups in total. The third-order valence-corrected chi connectivity index (χ3v) is 5.22. The van der Waals surface area contributed by atoms with Crippen molar-refractivity contribution in [3.05, 3.63) is 64.3 Å². The molecule has 0 radical (unpaired) electrons. The van der Waals surface area contributed by atoms with E-state index in [1.165, 1.54) is 11.8 Å². The van der Waals surface area contributed by atoms with Crippen molar-refractivity contribution in [2.45, 2.75) is 27.2 Å². The Morgan fingerprint density at radius 1 is 1.09 bits per heavy atom. The number of halogens is 1. The van der Waals surface area contributed by atoms with Crippen LogP contribution in [0.3, 0.4) is 0 Å². The molecule has 8 heteroatoms. The minimum atomic E-state index is -0.387. The van der Waals surface area contributed by atoms with Gasteiger partial charge < -0.3 is 15.4 Å². The molecule has 0 aromatic heterocycles. The van der Waals surface area contributed by atoms with E-state index < -0.39 is 0 Å². The van der Waals surface area contributed by atoms with Crippen LogP contribution in [0.5, 0.6) is 0 Å². The summed E-state index contributed by atoms with van der Waals surface area (Å²) in [4.78, 5) is 39.0. The van der Waals surface area contributed by atoms with Gasteiger partial charge in [-0.15, -0.1) is 0 Å². The number of amides is 3. The second-order valence-electron chi connectivity index (χ2n) is 7.41. The molecule has 3 amide bonds. The van der Waals surface area contributed by atoms with Gasteiger partial charge in [0.2, 0.25) is 5.91 Å². The van der Waals surface area contributed by atoms with E-state index in [0.29, 0.717) is 41.6 Å². The third-order valence-electron chi connectivity index (χ3n) is 4.98. The molecule has 7 nitrogen and oxygen atoms in total. The van der Waals surface area contributed by atoms with Gasteiger partial charge in [-0.05, 0) is 61.7 Å². The lowest BCUT2D eigenvalue weighted by Gasteiger charge is -2.15. The van der Waals surface area contributed by atoms with Crippen molar-refractivity contribution in [1.29, 1.82) is 0 Å². The number of carbonyl (C=O) groups excluding carboxylic acids is 3. The SMILES string of the molecule is CCOCCCN1C(=O)C(Nc2ccc(Cl)cc2C)=C(c2ccc(NC(C)=O)cc2)C1=O. The Kier molecular flexibility index (Phi) is 7.66. The molecule has 1 aliphatic rings. The van der Waals surface area contributed by atoms with Crippen LogP contribution in [-0.2, 0) is 19.1 Å². The summed E-state index contributed by atoms with van der Waals surface area (Å²) in [6, 6.07) is 12.1. The number of benzene rings is 2. The Morgan fingerprint density at radius 3 is 2.44 bits per heavy atom. The Morgan fingerprint density at radius 2 is 1.81 bits per heavy atom. The van der Waals surface area contributed by atoms with E-state index in [0.717, 1.165) is 5.56 Å². The molecule has 0 atom stereocenters. The standard InChI is InChI=1S/C24H26ClN3O4/c1-4-32-13-5-12-28-23(30)21(17-6-9-19(10-7-17)26-16(3)29)22(24(28)31)27-20-11-8-18(25)14-15(20)2/h6-11,14,27H,4-5,12-13H2,1-3H3,(H,26,29). The number of ether oxygens (including phenoxy) is 1. The topological polar surface area (TPSA) is 87.7 Å². The van der Waals surface area contributed by atoms with Crippen LogP contribution in [0.2, 0.25) is 5.02 Å². The molecule has 0 fully saturated rings. The van der Waals surface area contributed by atoms with E-state index in [2.05, 4.69) is 10.6 Å². The van der Waals surface area contributed by atoms with E-state index in [-0.39, 0.29) is 35.5 Å². The summed E-state index contributed by atoms with van der Waals surface area (Å²) < 4.78 is 5.34. The van der Waals surface area contributed by atoms with Crippen LogP contribution >= 0.6 is 11.6 Å². The molecule has 0 bridgehead atoms. The van der Waals surface area contributed by atoms with Gasteiger partial charge in [0.25, 0.3) is 11.8 Å². The van der Waals surface area contributed by atoms with Crippen molar-refractivity contribution in [2.75, 3.05) is 30.4 Å². The largest absolute Gasteiger partial charge is 0.382 e. The fourth-order valence-electron chi connectivity index (χ4n) is 3.46. The van der Waals surface area contributed by atoms with Crippen LogP contribution in [0.15, 0.2) is 48.2 Å². The Hall–Kier alpha value is -3.16. The number of rotatable bonds is 9. The number of carbonyl (C=O) groups is 3. The van der Waals surface area contributed by atoms with Crippen LogP contribution in [0.25, 0.3) is 5.57 Å². The monoisotopic (exact) mass is 455 g/mol. The molecule has 0 aliphatic carbocycles. The Labute approximate surface area is 192 Å². The van der Waals surface area contributed by atoms with Crippen LogP contribution < -0.4 is 10.6 Å². The lowest BCUT2D eigenvalue weighted by molar-refractivity contribution is -0.137. The van der Waals surface area contributed by atoms with Crippen LogP contribution in [-0.4, -0.2) is 42.4 Å². The normalized spacial score (nSPS) is 13.7. The fraction of sp³-hybridized carbons (Fsp3) is 0.292. The van der Waals surface area contributed by atoms with Gasteiger partial charge >= 0.3 is 0 Å². The number of aryl methyl sites for hydroxylation is 1. The summed E-state index contributed by atoms with van der Waals surface area (Å²) in [6.45, 7) is 6.49. The van der Waals surface area contributed by atoms with E-state index in [9.17, 15) is 14.4 Å². The average molecular weight is 456 g/mol. The second-order valence-corrected chi connectivity index (χ2v) is 7.84. The van der Waals surface area contributed by atoms with Gasteiger partial charge in [-0.3, -0.25) is 19.3 Å². The molecule has 3 rings (SSSR count). The lowest BCUT2D eigenvalue weighted by atomic mass is 10.0. The number of anilines is 2. The summed E-state index contributed by atoms with van der Waals surface area (Å²) >= 11 is 6.06. The molecule has 0 saturated heterocycles. The summed E-state index contributed by atoms with van der Waals surface area (Å²) in [5.74, 6) is -0.945. The maximum Gasteiger partial charge on any atom is 0.278 e. The summed E-state index contributed by atoms with van der Waals surface area (Å²) in [5.41, 5.74) is 3.22. The van der Waals surface area contributed by atoms with Gasteiger partial charge in [0, 0.05) is 43.1 Å². The minimum Gasteiger partial charge on any atom is -0.382 e. The van der Waals surface area contributed by atoms with Crippen molar-refractivity contribution in [2.24, 2.45) is 0 Å².